The largest absolute Gasteiger partial charge is 0.493 e. The molecule has 0 aliphatic carbocycles. The van der Waals surface area contributed by atoms with E-state index in [2.05, 4.69) is 0 Å². The molecule has 0 amide bonds. The highest BCUT2D eigenvalue weighted by Crippen LogP contribution is 2.44. The molecule has 0 spiro atoms. The molecule has 5 nitrogen and oxygen atoms in total. The molecule has 1 rings (SSSR count). The van der Waals surface area contributed by atoms with Crippen LogP contribution in [-0.2, 0) is 9.09 Å². The molecule has 1 aromatic carbocycles. The van der Waals surface area contributed by atoms with E-state index in [1.54, 1.807) is 32.2 Å². The summed E-state index contributed by atoms with van der Waals surface area (Å²) in [4.78, 5) is 9.39. The first-order valence-corrected chi connectivity index (χ1v) is 7.05. The highest BCUT2D eigenvalue weighted by molar-refractivity contribution is 7.56. The number of hydrogen-bond acceptors (Lipinski definition) is 4. The number of hydrogen-bond donors (Lipinski definition) is 1. The SMILES string of the molecule is CCOP(=O)(O)/C=C/c1ccc(OC)c(OC)c1. The van der Waals surface area contributed by atoms with Crippen molar-refractivity contribution in [3.63, 3.8) is 0 Å². The van der Waals surface area contributed by atoms with Gasteiger partial charge in [0, 0.05) is 5.82 Å². The Labute approximate surface area is 107 Å². The summed E-state index contributed by atoms with van der Waals surface area (Å²) >= 11 is 0. The Morgan fingerprint density at radius 1 is 1.28 bits per heavy atom. The lowest BCUT2D eigenvalue weighted by Crippen LogP contribution is -1.90. The van der Waals surface area contributed by atoms with Gasteiger partial charge in [-0.25, -0.2) is 0 Å². The van der Waals surface area contributed by atoms with Crippen LogP contribution in [0.3, 0.4) is 0 Å². The van der Waals surface area contributed by atoms with Crippen LogP contribution in [0.25, 0.3) is 6.08 Å². The van der Waals surface area contributed by atoms with Crippen molar-refractivity contribution in [2.45, 2.75) is 6.92 Å². The van der Waals surface area contributed by atoms with E-state index in [9.17, 15) is 9.46 Å². The van der Waals surface area contributed by atoms with Crippen LogP contribution in [0.2, 0.25) is 0 Å². The maximum Gasteiger partial charge on any atom is 0.351 e. The van der Waals surface area contributed by atoms with Crippen molar-refractivity contribution in [3.05, 3.63) is 29.6 Å². The molecule has 0 aliphatic rings. The van der Waals surface area contributed by atoms with Gasteiger partial charge in [-0.05, 0) is 30.7 Å². The van der Waals surface area contributed by atoms with Gasteiger partial charge in [0.1, 0.15) is 0 Å². The minimum absolute atomic E-state index is 0.185. The standard InChI is InChI=1S/C12H17O5P/c1-4-17-18(13,14)8-7-10-5-6-11(15-2)12(9-10)16-3/h5-9H,4H2,1-3H3,(H,13,14)/b8-7+. The second-order valence-corrected chi connectivity index (χ2v) is 5.10. The lowest BCUT2D eigenvalue weighted by atomic mass is 10.2. The second kappa shape index (κ2) is 6.59. The Morgan fingerprint density at radius 3 is 2.50 bits per heavy atom. The molecule has 0 bridgehead atoms. The quantitative estimate of drug-likeness (QED) is 0.806. The number of ether oxygens (including phenoxy) is 2. The zero-order chi connectivity index (χ0) is 13.6. The van der Waals surface area contributed by atoms with Crippen LogP contribution in [0.1, 0.15) is 12.5 Å². The molecule has 6 heteroatoms. The predicted molar refractivity (Wildman–Crippen MR) is 70.0 cm³/mol. The summed E-state index contributed by atoms with van der Waals surface area (Å²) in [5.41, 5.74) is 0.724. The van der Waals surface area contributed by atoms with Gasteiger partial charge in [0.25, 0.3) is 0 Å². The fraction of sp³-hybridized carbons (Fsp3) is 0.333. The molecule has 1 aromatic rings. The third-order valence-electron chi connectivity index (χ3n) is 2.18. The first-order chi connectivity index (χ1) is 8.52. The molecule has 1 unspecified atom stereocenters. The lowest BCUT2D eigenvalue weighted by Gasteiger charge is -2.08. The van der Waals surface area contributed by atoms with Crippen LogP contribution in [0.5, 0.6) is 11.5 Å². The smallest absolute Gasteiger partial charge is 0.351 e. The highest BCUT2D eigenvalue weighted by Gasteiger charge is 2.12. The third kappa shape index (κ3) is 4.18. The number of benzene rings is 1. The first kappa shape index (κ1) is 14.8. The van der Waals surface area contributed by atoms with Crippen LogP contribution < -0.4 is 9.47 Å². The summed E-state index contributed by atoms with van der Waals surface area (Å²) in [6.07, 6.45) is 1.51. The van der Waals surface area contributed by atoms with Gasteiger partial charge in [0.05, 0.1) is 20.8 Å². The molecular formula is C12H17O5P. The predicted octanol–water partition coefficient (Wildman–Crippen LogP) is 2.90. The maximum absolute atomic E-state index is 11.5. The average molecular weight is 272 g/mol. The molecule has 0 fully saturated rings. The van der Waals surface area contributed by atoms with Crippen molar-refractivity contribution in [1.82, 2.24) is 0 Å². The van der Waals surface area contributed by atoms with Gasteiger partial charge in [-0.3, -0.25) is 4.57 Å². The summed E-state index contributed by atoms with van der Waals surface area (Å²) in [5, 5.41) is 0. The summed E-state index contributed by atoms with van der Waals surface area (Å²) < 4.78 is 26.4. The van der Waals surface area contributed by atoms with E-state index in [1.807, 2.05) is 0 Å². The summed E-state index contributed by atoms with van der Waals surface area (Å²) in [7, 11) is -0.577. The Kier molecular flexibility index (Phi) is 5.41. The van der Waals surface area contributed by atoms with Gasteiger partial charge in [0.2, 0.25) is 0 Å². The first-order valence-electron chi connectivity index (χ1n) is 5.40. The monoisotopic (exact) mass is 272 g/mol. The molecule has 0 aliphatic heterocycles. The van der Waals surface area contributed by atoms with E-state index in [0.717, 1.165) is 11.4 Å². The van der Waals surface area contributed by atoms with Crippen molar-refractivity contribution < 1.29 is 23.5 Å². The fourth-order valence-electron chi connectivity index (χ4n) is 1.36. The van der Waals surface area contributed by atoms with E-state index < -0.39 is 7.60 Å². The van der Waals surface area contributed by atoms with Crippen molar-refractivity contribution in [2.75, 3.05) is 20.8 Å². The minimum atomic E-state index is -3.65. The molecule has 0 saturated carbocycles. The Balaban J connectivity index is 2.92. The van der Waals surface area contributed by atoms with Gasteiger partial charge in [-0.15, -0.1) is 0 Å². The summed E-state index contributed by atoms with van der Waals surface area (Å²) in [6, 6.07) is 5.19. The molecule has 0 saturated heterocycles. The van der Waals surface area contributed by atoms with Gasteiger partial charge in [-0.2, -0.15) is 0 Å². The summed E-state index contributed by atoms with van der Waals surface area (Å²) in [6.45, 7) is 1.84. The average Bonchev–Trinajstić information content (AvgIpc) is 2.36. The lowest BCUT2D eigenvalue weighted by molar-refractivity contribution is 0.283. The van der Waals surface area contributed by atoms with E-state index >= 15 is 0 Å². The van der Waals surface area contributed by atoms with Crippen LogP contribution in [0.15, 0.2) is 24.0 Å². The highest BCUT2D eigenvalue weighted by atomic mass is 31.2. The van der Waals surface area contributed by atoms with Crippen LogP contribution >= 0.6 is 7.60 Å². The van der Waals surface area contributed by atoms with Crippen molar-refractivity contribution in [1.29, 1.82) is 0 Å². The van der Waals surface area contributed by atoms with Crippen LogP contribution in [-0.4, -0.2) is 25.7 Å². The molecule has 18 heavy (non-hydrogen) atoms. The van der Waals surface area contributed by atoms with Gasteiger partial charge in [-0.1, -0.05) is 6.07 Å². The molecular weight excluding hydrogens is 255 g/mol. The Morgan fingerprint density at radius 2 is 1.94 bits per heavy atom. The topological polar surface area (TPSA) is 65.0 Å². The van der Waals surface area contributed by atoms with Gasteiger partial charge >= 0.3 is 7.60 Å². The van der Waals surface area contributed by atoms with Crippen molar-refractivity contribution >= 4 is 13.7 Å². The van der Waals surface area contributed by atoms with Gasteiger partial charge in [0.15, 0.2) is 11.5 Å². The Hall–Kier alpha value is -1.29. The van der Waals surface area contributed by atoms with E-state index in [-0.39, 0.29) is 6.61 Å². The zero-order valence-electron chi connectivity index (χ0n) is 10.6. The fourth-order valence-corrected chi connectivity index (χ4v) is 2.18. The molecule has 0 radical (unpaired) electrons. The zero-order valence-corrected chi connectivity index (χ0v) is 11.5. The minimum Gasteiger partial charge on any atom is -0.493 e. The molecule has 0 aromatic heterocycles. The number of methoxy groups -OCH3 is 2. The summed E-state index contributed by atoms with van der Waals surface area (Å²) in [5.74, 6) is 2.31. The maximum atomic E-state index is 11.5. The van der Waals surface area contributed by atoms with Crippen LogP contribution in [0.4, 0.5) is 0 Å². The third-order valence-corrected chi connectivity index (χ3v) is 3.33. The number of rotatable bonds is 6. The normalized spacial score (nSPS) is 14.4. The molecule has 0 heterocycles. The molecule has 100 valence electrons. The van der Waals surface area contributed by atoms with E-state index in [1.165, 1.54) is 13.2 Å². The van der Waals surface area contributed by atoms with E-state index in [4.69, 9.17) is 14.0 Å². The molecule has 1 atom stereocenters. The van der Waals surface area contributed by atoms with Crippen LogP contribution in [0, 0.1) is 0 Å². The van der Waals surface area contributed by atoms with E-state index in [0.29, 0.717) is 11.5 Å². The van der Waals surface area contributed by atoms with Crippen molar-refractivity contribution in [3.8, 4) is 11.5 Å². The molecule has 1 N–H and O–H groups in total. The Bertz CT molecular complexity index is 470. The second-order valence-electron chi connectivity index (χ2n) is 3.41. The van der Waals surface area contributed by atoms with Crippen molar-refractivity contribution in [2.24, 2.45) is 0 Å². The van der Waals surface area contributed by atoms with Gasteiger partial charge < -0.3 is 18.9 Å².